The molecule has 0 atom stereocenters. The van der Waals surface area contributed by atoms with E-state index in [1.165, 1.54) is 109 Å². The Balaban J connectivity index is 0.000000136. The van der Waals surface area contributed by atoms with Gasteiger partial charge < -0.3 is 0 Å². The quantitative estimate of drug-likeness (QED) is 0.162. The molecule has 0 unspecified atom stereocenters. The van der Waals surface area contributed by atoms with Crippen LogP contribution in [0.1, 0.15) is 295 Å². The molecule has 0 N–H and O–H groups in total. The Morgan fingerprint density at radius 2 is 0.433 bits per heavy atom. The normalized spacial score (nSPS) is 26.2. The molecule has 1 aromatic rings. The standard InChI is InChI=1S/3C18H33P.C7H6.2ClH.Ru/c3*1-4-10-16(11-5-1)19(17-12-6-2-7-13-17)18-14-8-3-9-15-18;1-7-5-3-2-4-6-7;;;/h3*16-18H,1-15H2;1-6H;2*1H;/q;;;;;;+2/p-2. The van der Waals surface area contributed by atoms with Crippen molar-refractivity contribution in [2.45, 2.75) is 340 Å². The Morgan fingerprint density at radius 3 is 0.582 bits per heavy atom. The van der Waals surface area contributed by atoms with Crippen molar-refractivity contribution in [3.63, 3.8) is 0 Å². The van der Waals surface area contributed by atoms with Crippen molar-refractivity contribution in [1.29, 1.82) is 0 Å². The van der Waals surface area contributed by atoms with Gasteiger partial charge in [0.15, 0.2) is 0 Å². The molecular formula is C61H105Cl2P3Ru. The summed E-state index contributed by atoms with van der Waals surface area (Å²) in [6.07, 6.45) is 70.9. The van der Waals surface area contributed by atoms with Crippen LogP contribution in [0.3, 0.4) is 0 Å². The van der Waals surface area contributed by atoms with Crippen molar-refractivity contribution < 1.29 is 13.5 Å². The fraction of sp³-hybridized carbons (Fsp3) is 0.885. The van der Waals surface area contributed by atoms with Crippen molar-refractivity contribution in [1.82, 2.24) is 0 Å². The predicted octanol–water partition coefficient (Wildman–Crippen LogP) is 22.2. The molecular weight excluding hydrogens is 998 g/mol. The fourth-order valence-corrected chi connectivity index (χ4v) is 31.6. The summed E-state index contributed by atoms with van der Waals surface area (Å²) < 4.78 is 1.92. The van der Waals surface area contributed by atoms with Crippen molar-refractivity contribution >= 4 is 47.8 Å². The summed E-state index contributed by atoms with van der Waals surface area (Å²) in [6, 6.07) is 9.89. The summed E-state index contributed by atoms with van der Waals surface area (Å²) >= 11 is -1.61. The maximum absolute atomic E-state index is 5.67. The molecule has 0 nitrogen and oxygen atoms in total. The molecule has 6 heteroatoms. The molecule has 0 spiro atoms. The van der Waals surface area contributed by atoms with E-state index in [1.54, 1.807) is 231 Å². The number of benzene rings is 1. The Labute approximate surface area is 433 Å². The Morgan fingerprint density at radius 1 is 0.269 bits per heavy atom. The summed E-state index contributed by atoms with van der Waals surface area (Å²) in [7, 11) is 12.5. The zero-order valence-electron chi connectivity index (χ0n) is 43.4. The van der Waals surface area contributed by atoms with Crippen LogP contribution in [0.15, 0.2) is 30.3 Å². The van der Waals surface area contributed by atoms with Crippen LogP contribution in [-0.4, -0.2) is 55.5 Å². The van der Waals surface area contributed by atoms with Gasteiger partial charge in [-0.2, -0.15) is 0 Å². The molecule has 0 aliphatic heterocycles. The first-order valence-electron chi connectivity index (χ1n) is 30.3. The number of halogens is 2. The van der Waals surface area contributed by atoms with Crippen LogP contribution < -0.4 is 0 Å². The van der Waals surface area contributed by atoms with Crippen molar-refractivity contribution in [2.24, 2.45) is 0 Å². The van der Waals surface area contributed by atoms with E-state index in [-0.39, 0.29) is 0 Å². The SMILES string of the molecule is C1CCC(P(C2CCCCC2)C2CCCCC2)CC1.C1CCC(P(C2CCCCC2)C2CCCCC2)CC1.C1CCC(P(C2CCCCC2)C2CCCCC2)CC1.[Cl][Ru]([Cl])=[CH]c1ccccc1. The molecule has 0 saturated heterocycles. The van der Waals surface area contributed by atoms with Gasteiger partial charge in [0.25, 0.3) is 0 Å². The third-order valence-electron chi connectivity index (χ3n) is 19.0. The van der Waals surface area contributed by atoms with Crippen molar-refractivity contribution in [3.8, 4) is 0 Å². The van der Waals surface area contributed by atoms with Gasteiger partial charge in [0.1, 0.15) is 0 Å². The van der Waals surface area contributed by atoms with Crippen LogP contribution in [0, 0.1) is 0 Å². The van der Waals surface area contributed by atoms with Crippen molar-refractivity contribution in [3.05, 3.63) is 35.9 Å². The monoisotopic (exact) mass is 1100 g/mol. The summed E-state index contributed by atoms with van der Waals surface area (Å²) in [5.41, 5.74) is 11.8. The van der Waals surface area contributed by atoms with Crippen LogP contribution in [-0.2, 0) is 13.5 Å². The van der Waals surface area contributed by atoms with E-state index in [1.807, 2.05) is 34.9 Å². The van der Waals surface area contributed by atoms with E-state index in [4.69, 9.17) is 19.4 Å². The van der Waals surface area contributed by atoms with Gasteiger partial charge in [0, 0.05) is 0 Å². The molecule has 0 heterocycles. The first-order valence-corrected chi connectivity index (χ1v) is 40.5. The summed E-state index contributed by atoms with van der Waals surface area (Å²) in [6.45, 7) is 0. The minimum atomic E-state index is -1.61. The Kier molecular flexibility index (Phi) is 28.2. The number of rotatable bonds is 10. The van der Waals surface area contributed by atoms with Crippen molar-refractivity contribution in [2.75, 3.05) is 0 Å². The molecule has 386 valence electrons. The fourth-order valence-electron chi connectivity index (χ4n) is 15.7. The van der Waals surface area contributed by atoms with Gasteiger partial charge >= 0.3 is 73.4 Å². The van der Waals surface area contributed by atoms with Gasteiger partial charge in [0.05, 0.1) is 0 Å². The van der Waals surface area contributed by atoms with Gasteiger partial charge in [0.2, 0.25) is 0 Å². The Hall–Kier alpha value is 1.58. The third kappa shape index (κ3) is 19.7. The molecule has 0 aromatic heterocycles. The zero-order valence-corrected chi connectivity index (χ0v) is 49.4. The van der Waals surface area contributed by atoms with E-state index in [9.17, 15) is 0 Å². The van der Waals surface area contributed by atoms with Gasteiger partial charge in [-0.05, 0) is 167 Å². The average Bonchev–Trinajstić information content (AvgIpc) is 3.40. The molecule has 0 bridgehead atoms. The van der Waals surface area contributed by atoms with E-state index in [2.05, 4.69) is 0 Å². The second kappa shape index (κ2) is 33.5. The van der Waals surface area contributed by atoms with E-state index in [0.29, 0.717) is 23.8 Å². The molecule has 1 aromatic carbocycles. The second-order valence-corrected chi connectivity index (χ2v) is 38.7. The van der Waals surface area contributed by atoms with E-state index < -0.39 is 13.5 Å². The topological polar surface area (TPSA) is 0 Å². The number of hydrogen-bond donors (Lipinski definition) is 0. The molecule has 0 amide bonds. The van der Waals surface area contributed by atoms with Crippen LogP contribution in [0.4, 0.5) is 0 Å². The summed E-state index contributed by atoms with van der Waals surface area (Å²) in [5.74, 6) is 0. The van der Waals surface area contributed by atoms with Gasteiger partial charge in [-0.25, -0.2) is 0 Å². The van der Waals surface area contributed by atoms with Gasteiger partial charge in [-0.1, -0.05) is 197 Å². The first kappa shape index (κ1) is 56.3. The Bertz CT molecular complexity index is 1140. The predicted molar refractivity (Wildman–Crippen MR) is 306 cm³/mol. The van der Waals surface area contributed by atoms with Gasteiger partial charge in [-0.15, -0.1) is 0 Å². The molecule has 10 rings (SSSR count). The van der Waals surface area contributed by atoms with Crippen LogP contribution in [0.5, 0.6) is 0 Å². The molecule has 9 saturated carbocycles. The van der Waals surface area contributed by atoms with Gasteiger partial charge in [-0.3, -0.25) is 0 Å². The van der Waals surface area contributed by atoms with Crippen LogP contribution in [0.2, 0.25) is 0 Å². The van der Waals surface area contributed by atoms with E-state index in [0.717, 1.165) is 5.56 Å². The summed E-state index contributed by atoms with van der Waals surface area (Å²) in [4.78, 5) is 0. The molecule has 67 heavy (non-hydrogen) atoms. The van der Waals surface area contributed by atoms with E-state index >= 15 is 0 Å². The maximum atomic E-state index is 5.67. The zero-order chi connectivity index (χ0) is 46.1. The molecule has 0 radical (unpaired) electrons. The van der Waals surface area contributed by atoms with Crippen LogP contribution >= 0.6 is 43.1 Å². The number of hydrogen-bond acceptors (Lipinski definition) is 0. The minimum absolute atomic E-state index is 0.385. The average molecular weight is 1100 g/mol. The summed E-state index contributed by atoms with van der Waals surface area (Å²) in [5, 5.41) is 0. The first-order chi connectivity index (χ1) is 33.1. The molecule has 9 aliphatic rings. The second-order valence-electron chi connectivity index (χ2n) is 23.7. The molecule has 9 aliphatic carbocycles. The van der Waals surface area contributed by atoms with Crippen LogP contribution in [0.25, 0.3) is 0 Å². The molecule has 9 fully saturated rings. The third-order valence-corrected chi connectivity index (χ3v) is 33.1.